The van der Waals surface area contributed by atoms with Crippen LogP contribution in [0.5, 0.6) is 5.75 Å². The van der Waals surface area contributed by atoms with Gasteiger partial charge in [0.25, 0.3) is 5.82 Å². The molecule has 0 radical (unpaired) electrons. The fraction of sp³-hybridized carbons (Fsp3) is 0.538. The smallest absolute Gasteiger partial charge is 0.328 e. The van der Waals surface area contributed by atoms with Crippen molar-refractivity contribution in [1.82, 2.24) is 15.2 Å². The molecule has 0 aliphatic carbocycles. The highest BCUT2D eigenvalue weighted by Crippen LogP contribution is 2.34. The van der Waals surface area contributed by atoms with E-state index >= 15 is 0 Å². The summed E-state index contributed by atoms with van der Waals surface area (Å²) in [6.45, 7) is 6.03. The maximum Gasteiger partial charge on any atom is 0.328 e. The van der Waals surface area contributed by atoms with Gasteiger partial charge in [0.1, 0.15) is 35.5 Å². The predicted octanol–water partition coefficient (Wildman–Crippen LogP) is 2.58. The van der Waals surface area contributed by atoms with Gasteiger partial charge in [-0.1, -0.05) is 51.2 Å². The first-order chi connectivity index (χ1) is 17.3. The standard InChI is InChI=1S/C26H36N4O6/c1-4-5-6-7-8-9-16-36-20-12-10-19(11-13-20)21(22-23(32)27-26(34)28-24(22)33)25-29(14-15-31)17(2)18(3)30(25)35/h10-13,21-22,31H,4-9,14-16H2,1-3H3,(H2,27,28,32,33,34). The topological polar surface area (TPSA) is 137 Å². The molecule has 0 bridgehead atoms. The number of ether oxygens (including phenoxy) is 1. The van der Waals surface area contributed by atoms with Crippen LogP contribution in [0.1, 0.15) is 74.1 Å². The Hall–Kier alpha value is -3.40. The number of carbonyl (C=O) groups excluding carboxylic acids is 3. The highest BCUT2D eigenvalue weighted by atomic mass is 16.5. The zero-order valence-electron chi connectivity index (χ0n) is 21.2. The highest BCUT2D eigenvalue weighted by molar-refractivity contribution is 6.16. The van der Waals surface area contributed by atoms with Crippen LogP contribution >= 0.6 is 0 Å². The Bertz CT molecular complexity index is 1060. The van der Waals surface area contributed by atoms with Gasteiger partial charge in [0, 0.05) is 13.8 Å². The SMILES string of the molecule is CCCCCCCCOc1ccc(C(c2n(CCO)c(C)c(C)[n+]2[O-])C2C(=O)NC(=O)NC2=O)cc1. The van der Waals surface area contributed by atoms with Crippen LogP contribution in [0.15, 0.2) is 24.3 Å². The Balaban J connectivity index is 1.90. The normalized spacial score (nSPS) is 15.1. The first-order valence-corrected chi connectivity index (χ1v) is 12.6. The molecule has 3 rings (SSSR count). The number of rotatable bonds is 13. The van der Waals surface area contributed by atoms with E-state index in [2.05, 4.69) is 17.6 Å². The number of aromatic nitrogens is 2. The van der Waals surface area contributed by atoms with Crippen molar-refractivity contribution in [3.8, 4) is 5.75 Å². The number of unbranched alkanes of at least 4 members (excludes halogenated alkanes) is 5. The third kappa shape index (κ3) is 6.04. The zero-order chi connectivity index (χ0) is 26.2. The van der Waals surface area contributed by atoms with Crippen molar-refractivity contribution in [3.63, 3.8) is 0 Å². The van der Waals surface area contributed by atoms with Crippen LogP contribution in [0.4, 0.5) is 4.79 Å². The molecule has 2 heterocycles. The third-order valence-corrected chi connectivity index (χ3v) is 6.70. The lowest BCUT2D eigenvalue weighted by molar-refractivity contribution is -0.621. The Morgan fingerprint density at radius 1 is 1.03 bits per heavy atom. The van der Waals surface area contributed by atoms with E-state index in [-0.39, 0.29) is 19.0 Å². The third-order valence-electron chi connectivity index (χ3n) is 6.70. The fourth-order valence-corrected chi connectivity index (χ4v) is 4.64. The summed E-state index contributed by atoms with van der Waals surface area (Å²) in [6.07, 6.45) is 6.94. The summed E-state index contributed by atoms with van der Waals surface area (Å²) in [5.74, 6) is -3.14. The van der Waals surface area contributed by atoms with E-state index in [4.69, 9.17) is 4.74 Å². The Morgan fingerprint density at radius 3 is 2.25 bits per heavy atom. The van der Waals surface area contributed by atoms with Gasteiger partial charge in [-0.2, -0.15) is 0 Å². The number of barbiturate groups is 1. The molecule has 1 aromatic heterocycles. The molecule has 1 aliphatic rings. The van der Waals surface area contributed by atoms with Crippen molar-refractivity contribution in [2.45, 2.75) is 71.8 Å². The number of aliphatic hydroxyl groups is 1. The van der Waals surface area contributed by atoms with Gasteiger partial charge in [-0.05, 0) is 24.1 Å². The summed E-state index contributed by atoms with van der Waals surface area (Å²) < 4.78 is 8.16. The number of imidazole rings is 1. The van der Waals surface area contributed by atoms with Crippen molar-refractivity contribution in [1.29, 1.82) is 0 Å². The molecule has 0 saturated carbocycles. The number of benzene rings is 1. The molecule has 36 heavy (non-hydrogen) atoms. The monoisotopic (exact) mass is 500 g/mol. The van der Waals surface area contributed by atoms with E-state index in [9.17, 15) is 24.7 Å². The molecule has 4 amide bonds. The van der Waals surface area contributed by atoms with Gasteiger partial charge in [0.05, 0.1) is 13.2 Å². The molecule has 3 N–H and O–H groups in total. The lowest BCUT2D eigenvalue weighted by Crippen LogP contribution is -2.58. The maximum atomic E-state index is 13.2. The zero-order valence-corrected chi connectivity index (χ0v) is 21.2. The molecule has 1 unspecified atom stereocenters. The molecule has 1 aromatic carbocycles. The van der Waals surface area contributed by atoms with Crippen molar-refractivity contribution >= 4 is 17.8 Å². The molecular formula is C26H36N4O6. The minimum atomic E-state index is -1.36. The summed E-state index contributed by atoms with van der Waals surface area (Å²) >= 11 is 0. The van der Waals surface area contributed by atoms with Crippen molar-refractivity contribution in [2.75, 3.05) is 13.2 Å². The first-order valence-electron chi connectivity index (χ1n) is 12.6. The van der Waals surface area contributed by atoms with Crippen LogP contribution in [0.2, 0.25) is 0 Å². The number of urea groups is 1. The molecule has 10 nitrogen and oxygen atoms in total. The number of aliphatic hydroxyl groups excluding tert-OH is 1. The largest absolute Gasteiger partial charge is 0.711 e. The van der Waals surface area contributed by atoms with Gasteiger partial charge in [0.2, 0.25) is 11.8 Å². The van der Waals surface area contributed by atoms with Gasteiger partial charge in [-0.3, -0.25) is 20.2 Å². The van der Waals surface area contributed by atoms with E-state index < -0.39 is 29.7 Å². The van der Waals surface area contributed by atoms with Crippen molar-refractivity contribution in [2.24, 2.45) is 5.92 Å². The minimum Gasteiger partial charge on any atom is -0.711 e. The number of hydrogen-bond donors (Lipinski definition) is 3. The predicted molar refractivity (Wildman–Crippen MR) is 132 cm³/mol. The average molecular weight is 501 g/mol. The molecule has 10 heteroatoms. The number of hydrogen-bond acceptors (Lipinski definition) is 6. The molecule has 1 fully saturated rings. The Labute approximate surface area is 211 Å². The minimum absolute atomic E-state index is 0.113. The second-order valence-electron chi connectivity index (χ2n) is 9.15. The summed E-state index contributed by atoms with van der Waals surface area (Å²) in [4.78, 5) is 37.3. The second-order valence-corrected chi connectivity index (χ2v) is 9.15. The summed E-state index contributed by atoms with van der Waals surface area (Å²) in [5.41, 5.74) is 1.55. The van der Waals surface area contributed by atoms with Gasteiger partial charge >= 0.3 is 6.03 Å². The van der Waals surface area contributed by atoms with Crippen molar-refractivity contribution in [3.05, 3.63) is 52.2 Å². The van der Waals surface area contributed by atoms with Crippen molar-refractivity contribution < 1.29 is 29.0 Å². The van der Waals surface area contributed by atoms with E-state index in [1.165, 1.54) is 25.7 Å². The van der Waals surface area contributed by atoms with Crippen LogP contribution in [0.25, 0.3) is 0 Å². The maximum absolute atomic E-state index is 13.2. The average Bonchev–Trinajstić information content (AvgIpc) is 3.05. The van der Waals surface area contributed by atoms with Gasteiger partial charge < -0.3 is 15.1 Å². The Morgan fingerprint density at radius 2 is 1.64 bits per heavy atom. The van der Waals surface area contributed by atoms with E-state index in [0.29, 0.717) is 34.0 Å². The molecule has 196 valence electrons. The molecule has 1 atom stereocenters. The molecule has 2 aromatic rings. The van der Waals surface area contributed by atoms with E-state index in [1.54, 1.807) is 42.7 Å². The summed E-state index contributed by atoms with van der Waals surface area (Å²) in [7, 11) is 0. The summed E-state index contributed by atoms with van der Waals surface area (Å²) in [6, 6.07) is 6.04. The quantitative estimate of drug-likeness (QED) is 0.167. The molecule has 1 saturated heterocycles. The number of nitrogens with one attached hydrogen (secondary N) is 2. The van der Waals surface area contributed by atoms with Gasteiger partial charge in [0.15, 0.2) is 0 Å². The number of nitrogens with zero attached hydrogens (tertiary/aromatic N) is 2. The Kier molecular flexibility index (Phi) is 9.46. The second kappa shape index (κ2) is 12.5. The lowest BCUT2D eigenvalue weighted by atomic mass is 9.83. The van der Waals surface area contributed by atoms with Gasteiger partial charge in [-0.25, -0.2) is 14.1 Å². The van der Waals surface area contributed by atoms with Crippen LogP contribution in [0.3, 0.4) is 0 Å². The summed E-state index contributed by atoms with van der Waals surface area (Å²) in [5, 5.41) is 27.1. The van der Waals surface area contributed by atoms with Crippen LogP contribution < -0.4 is 20.1 Å². The molecular weight excluding hydrogens is 464 g/mol. The lowest BCUT2D eigenvalue weighted by Gasteiger charge is -2.27. The number of imide groups is 2. The first kappa shape index (κ1) is 27.2. The van der Waals surface area contributed by atoms with Crippen LogP contribution in [-0.2, 0) is 16.1 Å². The van der Waals surface area contributed by atoms with Crippen LogP contribution in [-0.4, -0.2) is 40.7 Å². The number of amides is 4. The van der Waals surface area contributed by atoms with E-state index in [0.717, 1.165) is 12.8 Å². The molecule has 1 aliphatic heterocycles. The van der Waals surface area contributed by atoms with E-state index in [1.807, 2.05) is 0 Å². The fourth-order valence-electron chi connectivity index (χ4n) is 4.64. The number of carbonyl (C=O) groups is 3. The molecule has 0 spiro atoms. The van der Waals surface area contributed by atoms with Crippen LogP contribution in [0, 0.1) is 25.0 Å². The highest BCUT2D eigenvalue weighted by Gasteiger charge is 2.47. The van der Waals surface area contributed by atoms with Gasteiger partial charge in [-0.15, -0.1) is 0 Å².